The van der Waals surface area contributed by atoms with Crippen LogP contribution in [0.3, 0.4) is 0 Å². The van der Waals surface area contributed by atoms with E-state index in [4.69, 9.17) is 0 Å². The number of halogens is 3. The lowest BCUT2D eigenvalue weighted by Gasteiger charge is -2.26. The maximum absolute atomic E-state index is 12.7. The molecule has 7 heteroatoms. The maximum Gasteiger partial charge on any atom is 0.416 e. The summed E-state index contributed by atoms with van der Waals surface area (Å²) in [6.07, 6.45) is -2.08. The van der Waals surface area contributed by atoms with E-state index in [1.54, 1.807) is 0 Å². The topological polar surface area (TPSA) is 36.8 Å². The molecule has 1 saturated heterocycles. The molecule has 0 spiro atoms. The lowest BCUT2D eigenvalue weighted by Crippen LogP contribution is -3.11. The molecule has 2 N–H and O–H groups in total. The summed E-state index contributed by atoms with van der Waals surface area (Å²) in [6.45, 7) is 2.54. The Labute approximate surface area is 169 Å². The number of alkyl halides is 3. The first-order valence-corrected chi connectivity index (χ1v) is 9.83. The van der Waals surface area contributed by atoms with E-state index in [1.807, 2.05) is 19.0 Å². The van der Waals surface area contributed by atoms with E-state index in [0.717, 1.165) is 49.3 Å². The first kappa shape index (κ1) is 21.2. The van der Waals surface area contributed by atoms with Crippen molar-refractivity contribution in [1.29, 1.82) is 0 Å². The minimum Gasteiger partial charge on any atom is -0.378 e. The van der Waals surface area contributed by atoms with Crippen LogP contribution in [0.1, 0.15) is 40.4 Å². The van der Waals surface area contributed by atoms with Crippen molar-refractivity contribution in [1.82, 2.24) is 5.32 Å². The molecule has 1 amide bonds. The summed E-state index contributed by atoms with van der Waals surface area (Å²) in [7, 11) is 3.98. The van der Waals surface area contributed by atoms with E-state index in [-0.39, 0.29) is 17.5 Å². The second kappa shape index (κ2) is 8.86. The van der Waals surface area contributed by atoms with Gasteiger partial charge in [-0.2, -0.15) is 13.2 Å². The first-order chi connectivity index (χ1) is 13.8. The molecule has 29 heavy (non-hydrogen) atoms. The summed E-state index contributed by atoms with van der Waals surface area (Å²) in [6, 6.07) is 12.8. The molecule has 0 aliphatic carbocycles. The summed E-state index contributed by atoms with van der Waals surface area (Å²) in [5.41, 5.74) is 1.74. The van der Waals surface area contributed by atoms with Gasteiger partial charge < -0.3 is 15.1 Å². The molecule has 1 fully saturated rings. The molecule has 2 aromatic rings. The number of amides is 1. The van der Waals surface area contributed by atoms with Crippen LogP contribution in [0.15, 0.2) is 48.5 Å². The van der Waals surface area contributed by atoms with E-state index in [0.29, 0.717) is 6.54 Å². The zero-order valence-electron chi connectivity index (χ0n) is 16.7. The van der Waals surface area contributed by atoms with Crippen molar-refractivity contribution >= 4 is 11.6 Å². The summed E-state index contributed by atoms with van der Waals surface area (Å²) in [5, 5.41) is 2.92. The van der Waals surface area contributed by atoms with Crippen LogP contribution in [0, 0.1) is 0 Å². The minimum atomic E-state index is -4.40. The standard InChI is InChI=1S/C22H26F3N3O/c1-27(2)19-11-7-16(8-12-19)20(28-13-3-4-14-28)15-26-21(29)17-5-9-18(10-6-17)22(23,24)25/h5-12,20H,3-4,13-15H2,1-2H3,(H,26,29)/p+1/t20-/m1/s1. The Hall–Kier alpha value is -2.54. The van der Waals surface area contributed by atoms with Gasteiger partial charge in [-0.3, -0.25) is 4.79 Å². The van der Waals surface area contributed by atoms with Crippen LogP contribution >= 0.6 is 0 Å². The van der Waals surface area contributed by atoms with Crippen molar-refractivity contribution in [3.8, 4) is 0 Å². The Morgan fingerprint density at radius 1 is 1.03 bits per heavy atom. The van der Waals surface area contributed by atoms with Gasteiger partial charge in [-0.15, -0.1) is 0 Å². The Bertz CT molecular complexity index is 811. The van der Waals surface area contributed by atoms with E-state index in [2.05, 4.69) is 29.6 Å². The van der Waals surface area contributed by atoms with Crippen LogP contribution in [-0.2, 0) is 6.18 Å². The van der Waals surface area contributed by atoms with Crippen LogP contribution < -0.4 is 15.1 Å². The maximum atomic E-state index is 12.7. The Morgan fingerprint density at radius 3 is 2.14 bits per heavy atom. The van der Waals surface area contributed by atoms with Crippen molar-refractivity contribution < 1.29 is 22.9 Å². The monoisotopic (exact) mass is 406 g/mol. The summed E-state index contributed by atoms with van der Waals surface area (Å²) in [4.78, 5) is 16.0. The molecule has 2 aromatic carbocycles. The number of likely N-dealkylation sites (tertiary alicyclic amines) is 1. The molecular formula is C22H27F3N3O+. The number of hydrogen-bond acceptors (Lipinski definition) is 2. The molecule has 1 aliphatic heterocycles. The number of rotatable bonds is 6. The highest BCUT2D eigenvalue weighted by atomic mass is 19.4. The van der Waals surface area contributed by atoms with Crippen molar-refractivity contribution in [2.75, 3.05) is 38.6 Å². The summed E-state index contributed by atoms with van der Waals surface area (Å²) in [5.74, 6) is -0.354. The number of nitrogens with zero attached hydrogens (tertiary/aromatic N) is 1. The Kier molecular flexibility index (Phi) is 6.47. The molecule has 4 nitrogen and oxygen atoms in total. The molecule has 0 unspecified atom stereocenters. The molecule has 0 bridgehead atoms. The first-order valence-electron chi connectivity index (χ1n) is 9.83. The highest BCUT2D eigenvalue weighted by Crippen LogP contribution is 2.29. The predicted molar refractivity (Wildman–Crippen MR) is 107 cm³/mol. The molecule has 1 atom stereocenters. The van der Waals surface area contributed by atoms with Gasteiger partial charge in [-0.05, 0) is 36.4 Å². The highest BCUT2D eigenvalue weighted by Gasteiger charge is 2.31. The van der Waals surface area contributed by atoms with Crippen LogP contribution in [-0.4, -0.2) is 39.6 Å². The normalized spacial score (nSPS) is 15.9. The van der Waals surface area contributed by atoms with Crippen molar-refractivity contribution in [2.45, 2.75) is 25.1 Å². The average molecular weight is 406 g/mol. The van der Waals surface area contributed by atoms with Crippen molar-refractivity contribution in [3.05, 3.63) is 65.2 Å². The third-order valence-corrected chi connectivity index (χ3v) is 5.49. The van der Waals surface area contributed by atoms with Crippen molar-refractivity contribution in [3.63, 3.8) is 0 Å². The van der Waals surface area contributed by atoms with Crippen LogP contribution in [0.4, 0.5) is 18.9 Å². The highest BCUT2D eigenvalue weighted by molar-refractivity contribution is 5.94. The fourth-order valence-electron chi connectivity index (χ4n) is 3.79. The Balaban J connectivity index is 1.70. The number of nitrogens with one attached hydrogen (secondary N) is 2. The number of quaternary nitrogens is 1. The molecule has 0 radical (unpaired) electrons. The molecule has 0 aromatic heterocycles. The third-order valence-electron chi connectivity index (χ3n) is 5.49. The lowest BCUT2D eigenvalue weighted by molar-refractivity contribution is -0.918. The summed E-state index contributed by atoms with van der Waals surface area (Å²) >= 11 is 0. The largest absolute Gasteiger partial charge is 0.416 e. The molecule has 3 rings (SSSR count). The number of hydrogen-bond donors (Lipinski definition) is 2. The van der Waals surface area contributed by atoms with E-state index in [9.17, 15) is 18.0 Å². The number of carbonyl (C=O) groups excluding carboxylic acids is 1. The van der Waals surface area contributed by atoms with Gasteiger partial charge in [0.05, 0.1) is 25.2 Å². The molecule has 1 heterocycles. The van der Waals surface area contributed by atoms with Crippen molar-refractivity contribution in [2.24, 2.45) is 0 Å². The second-order valence-electron chi connectivity index (χ2n) is 7.69. The van der Waals surface area contributed by atoms with Gasteiger partial charge >= 0.3 is 6.18 Å². The van der Waals surface area contributed by atoms with Gasteiger partial charge in [0.15, 0.2) is 0 Å². The second-order valence-corrected chi connectivity index (χ2v) is 7.69. The van der Waals surface area contributed by atoms with Gasteiger partial charge in [0.2, 0.25) is 0 Å². The fraction of sp³-hybridized carbons (Fsp3) is 0.409. The zero-order valence-corrected chi connectivity index (χ0v) is 16.7. The van der Waals surface area contributed by atoms with E-state index >= 15 is 0 Å². The number of anilines is 1. The molecule has 1 aliphatic rings. The predicted octanol–water partition coefficient (Wildman–Crippen LogP) is 2.92. The molecular weight excluding hydrogens is 379 g/mol. The van der Waals surface area contributed by atoms with E-state index in [1.165, 1.54) is 17.0 Å². The fourth-order valence-corrected chi connectivity index (χ4v) is 3.79. The van der Waals surface area contributed by atoms with Crippen LogP contribution in [0.5, 0.6) is 0 Å². The number of carbonyl (C=O) groups is 1. The zero-order chi connectivity index (χ0) is 21.0. The summed E-state index contributed by atoms with van der Waals surface area (Å²) < 4.78 is 38.1. The van der Waals surface area contributed by atoms with Crippen LogP contribution in [0.25, 0.3) is 0 Å². The quantitative estimate of drug-likeness (QED) is 0.774. The van der Waals surface area contributed by atoms with E-state index < -0.39 is 11.7 Å². The SMILES string of the molecule is CN(C)c1ccc([C@@H](CNC(=O)c2ccc(C(F)(F)F)cc2)[NH+]2CCCC2)cc1. The average Bonchev–Trinajstić information content (AvgIpc) is 3.22. The third kappa shape index (κ3) is 5.29. The van der Waals surface area contributed by atoms with Gasteiger partial charge in [0.1, 0.15) is 6.04 Å². The number of benzene rings is 2. The van der Waals surface area contributed by atoms with Gasteiger partial charge in [-0.25, -0.2) is 0 Å². The van der Waals surface area contributed by atoms with Gasteiger partial charge in [0.25, 0.3) is 5.91 Å². The molecule has 0 saturated carbocycles. The smallest absolute Gasteiger partial charge is 0.378 e. The molecule has 156 valence electrons. The van der Waals surface area contributed by atoms with Crippen LogP contribution in [0.2, 0.25) is 0 Å². The van der Waals surface area contributed by atoms with Gasteiger partial charge in [0, 0.05) is 43.8 Å². The minimum absolute atomic E-state index is 0.118. The Morgan fingerprint density at radius 2 is 1.62 bits per heavy atom. The lowest BCUT2D eigenvalue weighted by atomic mass is 10.0. The van der Waals surface area contributed by atoms with Gasteiger partial charge in [-0.1, -0.05) is 12.1 Å².